The number of imidazole rings is 1. The van der Waals surface area contributed by atoms with Gasteiger partial charge in [0.05, 0.1) is 22.6 Å². The molecule has 0 unspecified atom stereocenters. The van der Waals surface area contributed by atoms with Crippen molar-refractivity contribution in [2.45, 2.75) is 18.4 Å². The number of benzene rings is 3. The first-order valence-corrected chi connectivity index (χ1v) is 11.5. The number of carbonyl (C=O) groups excluding carboxylic acids is 1. The number of quaternary nitrogens is 1. The van der Waals surface area contributed by atoms with Crippen LogP contribution in [0.25, 0.3) is 11.0 Å². The fourth-order valence-corrected chi connectivity index (χ4v) is 4.97. The molecule has 0 aliphatic heterocycles. The average molecular weight is 492 g/mol. The minimum absolute atomic E-state index is 0. The van der Waals surface area contributed by atoms with Crippen molar-refractivity contribution in [3.05, 3.63) is 93.7 Å². The van der Waals surface area contributed by atoms with Crippen molar-refractivity contribution < 1.29 is 13.2 Å². The lowest BCUT2D eigenvalue weighted by atomic mass is 10.2. The third-order valence-corrected chi connectivity index (χ3v) is 7.04. The molecule has 1 amide bonds. The summed E-state index contributed by atoms with van der Waals surface area (Å²) in [6, 6.07) is 18.2. The lowest BCUT2D eigenvalue weighted by Crippen LogP contribution is -2.30. The molecule has 0 atom stereocenters. The van der Waals surface area contributed by atoms with Crippen molar-refractivity contribution in [2.75, 3.05) is 0 Å². The van der Waals surface area contributed by atoms with Crippen molar-refractivity contribution in [1.29, 1.82) is 0 Å². The molecule has 4 aromatic rings. The van der Waals surface area contributed by atoms with Gasteiger partial charge in [-0.1, -0.05) is 53.5 Å². The molecule has 1 aromatic heterocycles. The topological polar surface area (TPSA) is 118 Å². The van der Waals surface area contributed by atoms with Crippen LogP contribution in [0.4, 0.5) is 0 Å². The van der Waals surface area contributed by atoms with Gasteiger partial charge in [-0.2, -0.15) is 0 Å². The Morgan fingerprint density at radius 2 is 1.66 bits per heavy atom. The molecular formula is C22H21Cl2N4O3S+. The predicted molar refractivity (Wildman–Crippen MR) is 127 cm³/mol. The highest BCUT2D eigenvalue weighted by molar-refractivity contribution is 7.90. The number of nitrogens with one attached hydrogen (secondary N) is 1. The first-order chi connectivity index (χ1) is 14.8. The van der Waals surface area contributed by atoms with E-state index in [1.807, 2.05) is 35.8 Å². The Morgan fingerprint density at radius 3 is 2.34 bits per heavy atom. The first kappa shape index (κ1) is 23.7. The summed E-state index contributed by atoms with van der Waals surface area (Å²) in [6.07, 6.45) is 0. The van der Waals surface area contributed by atoms with E-state index in [-0.39, 0.29) is 21.6 Å². The number of fused-ring (bicyclic) bond motifs is 1. The fourth-order valence-electron chi connectivity index (χ4n) is 3.28. The molecule has 32 heavy (non-hydrogen) atoms. The normalized spacial score (nSPS) is 11.2. The Labute approximate surface area is 195 Å². The smallest absolute Gasteiger partial charge is 0.265 e. The molecule has 166 valence electrons. The molecule has 4 rings (SSSR count). The molecule has 0 spiro atoms. The summed E-state index contributed by atoms with van der Waals surface area (Å²) in [5.41, 5.74) is 2.47. The van der Waals surface area contributed by atoms with E-state index in [0.717, 1.165) is 11.4 Å². The molecule has 0 bridgehead atoms. The van der Waals surface area contributed by atoms with E-state index >= 15 is 0 Å². The molecule has 0 aliphatic carbocycles. The number of hydrogen-bond donors (Lipinski definition) is 2. The van der Waals surface area contributed by atoms with Crippen LogP contribution in [-0.2, 0) is 16.6 Å². The first-order valence-electron chi connectivity index (χ1n) is 9.28. The van der Waals surface area contributed by atoms with Crippen LogP contribution in [0.3, 0.4) is 0 Å². The Bertz CT molecular complexity index is 1420. The maximum Gasteiger partial charge on any atom is 0.265 e. The van der Waals surface area contributed by atoms with Gasteiger partial charge in [0.25, 0.3) is 15.9 Å². The third kappa shape index (κ3) is 4.63. The van der Waals surface area contributed by atoms with Gasteiger partial charge < -0.3 is 10.7 Å². The number of aryl methyl sites for hydroxylation is 1. The van der Waals surface area contributed by atoms with Crippen molar-refractivity contribution >= 4 is 50.2 Å². The van der Waals surface area contributed by atoms with Gasteiger partial charge in [-0.05, 0) is 48.9 Å². The van der Waals surface area contributed by atoms with Crippen LogP contribution >= 0.6 is 23.2 Å². The third-order valence-electron chi connectivity index (χ3n) is 4.84. The Kier molecular flexibility index (Phi) is 6.90. The van der Waals surface area contributed by atoms with E-state index in [2.05, 4.69) is 9.71 Å². The van der Waals surface area contributed by atoms with Gasteiger partial charge in [0, 0.05) is 10.6 Å². The van der Waals surface area contributed by atoms with Crippen LogP contribution in [0.5, 0.6) is 0 Å². The highest BCUT2D eigenvalue weighted by Gasteiger charge is 2.22. The molecule has 3 aromatic carbocycles. The standard InChI is InChI=1S/C22H17Cl2N3O3S.H3N/c1-14-25-19-11-10-15(12-20(19)27(14)13-16-6-2-3-7-17(16)23)22(28)26-31(29,30)21-9-5-4-8-18(21)24;/h2-12H,13H2,1H3,(H,26,28);1H3/p+1. The second-order valence-electron chi connectivity index (χ2n) is 6.91. The van der Waals surface area contributed by atoms with Crippen LogP contribution in [0, 0.1) is 6.92 Å². The van der Waals surface area contributed by atoms with E-state index in [4.69, 9.17) is 23.2 Å². The van der Waals surface area contributed by atoms with Gasteiger partial charge in [-0.15, -0.1) is 0 Å². The summed E-state index contributed by atoms with van der Waals surface area (Å²) in [6.45, 7) is 2.32. The van der Waals surface area contributed by atoms with Crippen LogP contribution in [0.1, 0.15) is 21.7 Å². The van der Waals surface area contributed by atoms with E-state index in [9.17, 15) is 13.2 Å². The average Bonchev–Trinajstić information content (AvgIpc) is 3.04. The van der Waals surface area contributed by atoms with Crippen molar-refractivity contribution in [3.8, 4) is 0 Å². The molecule has 0 saturated carbocycles. The van der Waals surface area contributed by atoms with Crippen LogP contribution in [0.2, 0.25) is 10.0 Å². The highest BCUT2D eigenvalue weighted by Crippen LogP contribution is 2.24. The number of hydrogen-bond acceptors (Lipinski definition) is 4. The maximum absolute atomic E-state index is 12.7. The molecular weight excluding hydrogens is 471 g/mol. The zero-order valence-electron chi connectivity index (χ0n) is 17.3. The maximum atomic E-state index is 12.7. The Morgan fingerprint density at radius 1 is 1.00 bits per heavy atom. The van der Waals surface area contributed by atoms with E-state index in [1.165, 1.54) is 24.3 Å². The zero-order chi connectivity index (χ0) is 22.2. The summed E-state index contributed by atoms with van der Waals surface area (Å²) >= 11 is 12.3. The van der Waals surface area contributed by atoms with Crippen LogP contribution < -0.4 is 10.9 Å². The number of sulfonamides is 1. The van der Waals surface area contributed by atoms with Gasteiger partial charge in [0.2, 0.25) is 0 Å². The van der Waals surface area contributed by atoms with E-state index in [0.29, 0.717) is 22.6 Å². The van der Waals surface area contributed by atoms with Gasteiger partial charge >= 0.3 is 0 Å². The minimum atomic E-state index is -4.12. The number of amides is 1. The lowest BCUT2D eigenvalue weighted by Gasteiger charge is -2.10. The van der Waals surface area contributed by atoms with Crippen molar-refractivity contribution in [1.82, 2.24) is 20.4 Å². The Balaban J connectivity index is 0.00000289. The minimum Gasteiger partial charge on any atom is -0.369 e. The summed E-state index contributed by atoms with van der Waals surface area (Å²) in [4.78, 5) is 17.1. The molecule has 10 heteroatoms. The van der Waals surface area contributed by atoms with E-state index < -0.39 is 15.9 Å². The summed E-state index contributed by atoms with van der Waals surface area (Å²) in [5.74, 6) is -0.0128. The molecule has 7 nitrogen and oxygen atoms in total. The largest absolute Gasteiger partial charge is 0.369 e. The predicted octanol–water partition coefficient (Wildman–Crippen LogP) is 5.19. The summed E-state index contributed by atoms with van der Waals surface area (Å²) in [5, 5.41) is 0.662. The van der Waals surface area contributed by atoms with Gasteiger partial charge in [0.1, 0.15) is 10.7 Å². The second-order valence-corrected chi connectivity index (χ2v) is 9.37. The molecule has 0 saturated heterocycles. The molecule has 0 radical (unpaired) electrons. The van der Waals surface area contributed by atoms with E-state index in [1.54, 1.807) is 18.2 Å². The quantitative estimate of drug-likeness (QED) is 0.398. The summed E-state index contributed by atoms with van der Waals surface area (Å²) in [7, 11) is -4.12. The highest BCUT2D eigenvalue weighted by atomic mass is 35.5. The van der Waals surface area contributed by atoms with Crippen molar-refractivity contribution in [3.63, 3.8) is 0 Å². The molecule has 0 aliphatic rings. The van der Waals surface area contributed by atoms with Gasteiger partial charge in [0.15, 0.2) is 0 Å². The second kappa shape index (κ2) is 9.30. The fraction of sp³-hybridized carbons (Fsp3) is 0.0909. The van der Waals surface area contributed by atoms with Gasteiger partial charge in [-0.25, -0.2) is 18.1 Å². The molecule has 0 fully saturated rings. The lowest BCUT2D eigenvalue weighted by molar-refractivity contribution is 0.0981. The number of nitrogens with zero attached hydrogens (tertiary/aromatic N) is 2. The molecule has 5 N–H and O–H groups in total. The monoisotopic (exact) mass is 491 g/mol. The Hall–Kier alpha value is -2.91. The SMILES string of the molecule is Cc1nc2ccc(C(=O)NS(=O)(=O)c3ccccc3Cl)cc2n1Cc1ccccc1Cl.[NH4+]. The number of halogens is 2. The zero-order valence-corrected chi connectivity index (χ0v) is 19.7. The number of carbonyl (C=O) groups is 1. The van der Waals surface area contributed by atoms with Crippen LogP contribution in [-0.4, -0.2) is 23.9 Å². The number of aromatic nitrogens is 2. The number of rotatable bonds is 5. The van der Waals surface area contributed by atoms with Gasteiger partial charge in [-0.3, -0.25) is 4.79 Å². The molecule has 1 heterocycles. The van der Waals surface area contributed by atoms with Crippen molar-refractivity contribution in [2.24, 2.45) is 0 Å². The van der Waals surface area contributed by atoms with Crippen LogP contribution in [0.15, 0.2) is 71.6 Å². The summed E-state index contributed by atoms with van der Waals surface area (Å²) < 4.78 is 29.2.